The van der Waals surface area contributed by atoms with E-state index in [1.165, 1.54) is 7.11 Å². The van der Waals surface area contributed by atoms with Crippen LogP contribution in [0.15, 0.2) is 24.4 Å². The number of nitrogens with zero attached hydrogens (tertiary/aromatic N) is 4. The molecule has 3 rings (SSSR count). The Kier molecular flexibility index (Phi) is 5.11. The molecule has 0 aliphatic heterocycles. The maximum atomic E-state index is 12.7. The molecule has 9 heteroatoms. The van der Waals surface area contributed by atoms with E-state index in [4.69, 9.17) is 10.5 Å². The molecule has 3 aromatic rings. The SMILES string of the molecule is CCCn1c(NC(=O)c2ccnn2CC)nc2cc(C(N)=O)cc(OC)c21. The third kappa shape index (κ3) is 3.35. The normalized spacial score (nSPS) is 10.9. The van der Waals surface area contributed by atoms with E-state index in [-0.39, 0.29) is 5.91 Å². The molecule has 1 aromatic carbocycles. The second kappa shape index (κ2) is 7.48. The average Bonchev–Trinajstić information content (AvgIpc) is 3.26. The molecular weight excluding hydrogens is 348 g/mol. The number of fused-ring (bicyclic) bond motifs is 1. The molecule has 3 N–H and O–H groups in total. The lowest BCUT2D eigenvalue weighted by Crippen LogP contribution is -2.20. The van der Waals surface area contributed by atoms with E-state index in [9.17, 15) is 9.59 Å². The Morgan fingerprint density at radius 3 is 2.70 bits per heavy atom. The molecule has 27 heavy (non-hydrogen) atoms. The summed E-state index contributed by atoms with van der Waals surface area (Å²) in [6, 6.07) is 4.83. The summed E-state index contributed by atoms with van der Waals surface area (Å²) in [6.07, 6.45) is 2.40. The zero-order valence-electron chi connectivity index (χ0n) is 15.5. The molecule has 0 atom stereocenters. The minimum absolute atomic E-state index is 0.294. The summed E-state index contributed by atoms with van der Waals surface area (Å²) in [5.74, 6) is -0.0317. The van der Waals surface area contributed by atoms with Crippen molar-refractivity contribution in [3.63, 3.8) is 0 Å². The second-order valence-electron chi connectivity index (χ2n) is 5.98. The summed E-state index contributed by atoms with van der Waals surface area (Å²) in [4.78, 5) is 28.8. The van der Waals surface area contributed by atoms with E-state index < -0.39 is 5.91 Å². The Hall–Kier alpha value is -3.36. The molecule has 2 amide bonds. The second-order valence-corrected chi connectivity index (χ2v) is 5.98. The lowest BCUT2D eigenvalue weighted by atomic mass is 10.1. The number of ether oxygens (including phenoxy) is 1. The first kappa shape index (κ1) is 18.4. The molecule has 0 bridgehead atoms. The van der Waals surface area contributed by atoms with Crippen LogP contribution in [0.2, 0.25) is 0 Å². The van der Waals surface area contributed by atoms with E-state index in [0.717, 1.165) is 6.42 Å². The van der Waals surface area contributed by atoms with Gasteiger partial charge in [-0.3, -0.25) is 19.6 Å². The van der Waals surface area contributed by atoms with Crippen LogP contribution < -0.4 is 15.8 Å². The Bertz CT molecular complexity index is 1000. The summed E-state index contributed by atoms with van der Waals surface area (Å²) in [6.45, 7) is 5.13. The average molecular weight is 370 g/mol. The predicted octanol–water partition coefficient (Wildman–Crippen LogP) is 2.02. The molecule has 0 aliphatic rings. The number of amides is 2. The van der Waals surface area contributed by atoms with Crippen LogP contribution in [0.4, 0.5) is 5.95 Å². The smallest absolute Gasteiger partial charge is 0.276 e. The topological polar surface area (TPSA) is 117 Å². The Labute approximate surface area is 156 Å². The van der Waals surface area contributed by atoms with Crippen LogP contribution in [0.5, 0.6) is 5.75 Å². The molecule has 0 unspecified atom stereocenters. The third-order valence-corrected chi connectivity index (χ3v) is 4.23. The quantitative estimate of drug-likeness (QED) is 0.660. The highest BCUT2D eigenvalue weighted by Gasteiger charge is 2.20. The maximum Gasteiger partial charge on any atom is 0.276 e. The Morgan fingerprint density at radius 2 is 2.07 bits per heavy atom. The van der Waals surface area contributed by atoms with Crippen LogP contribution in [0.3, 0.4) is 0 Å². The summed E-state index contributed by atoms with van der Waals surface area (Å²) in [7, 11) is 1.51. The fourth-order valence-corrected chi connectivity index (χ4v) is 3.01. The van der Waals surface area contributed by atoms with Gasteiger partial charge in [-0.05, 0) is 31.5 Å². The lowest BCUT2D eigenvalue weighted by Gasteiger charge is -2.11. The van der Waals surface area contributed by atoms with Crippen LogP contribution in [0, 0.1) is 0 Å². The van der Waals surface area contributed by atoms with Crippen LogP contribution in [-0.2, 0) is 13.1 Å². The van der Waals surface area contributed by atoms with Crippen LogP contribution >= 0.6 is 0 Å². The van der Waals surface area contributed by atoms with Gasteiger partial charge in [-0.15, -0.1) is 0 Å². The van der Waals surface area contributed by atoms with E-state index in [2.05, 4.69) is 15.4 Å². The van der Waals surface area contributed by atoms with Crippen molar-refractivity contribution in [2.75, 3.05) is 12.4 Å². The van der Waals surface area contributed by atoms with Crippen LogP contribution in [0.25, 0.3) is 11.0 Å². The fraction of sp³-hybridized carbons (Fsp3) is 0.333. The monoisotopic (exact) mass is 370 g/mol. The van der Waals surface area contributed by atoms with Gasteiger partial charge in [0.15, 0.2) is 0 Å². The predicted molar refractivity (Wildman–Crippen MR) is 101 cm³/mol. The molecule has 0 saturated heterocycles. The Balaban J connectivity index is 2.10. The van der Waals surface area contributed by atoms with Gasteiger partial charge >= 0.3 is 0 Å². The summed E-state index contributed by atoms with van der Waals surface area (Å²) in [5.41, 5.74) is 7.36. The number of rotatable bonds is 7. The largest absolute Gasteiger partial charge is 0.494 e. The van der Waals surface area contributed by atoms with Crippen molar-refractivity contribution in [3.8, 4) is 5.75 Å². The number of anilines is 1. The first-order valence-electron chi connectivity index (χ1n) is 8.71. The van der Waals surface area contributed by atoms with Gasteiger partial charge in [0, 0.05) is 24.8 Å². The van der Waals surface area contributed by atoms with Gasteiger partial charge in [0.1, 0.15) is 17.0 Å². The van der Waals surface area contributed by atoms with Gasteiger partial charge < -0.3 is 15.0 Å². The molecule has 2 heterocycles. The van der Waals surface area contributed by atoms with Crippen molar-refractivity contribution in [1.82, 2.24) is 19.3 Å². The third-order valence-electron chi connectivity index (χ3n) is 4.23. The van der Waals surface area contributed by atoms with Crippen molar-refractivity contribution in [2.24, 2.45) is 5.73 Å². The number of imidazole rings is 1. The fourth-order valence-electron chi connectivity index (χ4n) is 3.01. The minimum atomic E-state index is -0.572. The number of carbonyl (C=O) groups is 2. The molecule has 2 aromatic heterocycles. The van der Waals surface area contributed by atoms with E-state index in [1.807, 2.05) is 18.4 Å². The van der Waals surface area contributed by atoms with Crippen molar-refractivity contribution in [1.29, 1.82) is 0 Å². The van der Waals surface area contributed by atoms with Crippen LogP contribution in [-0.4, -0.2) is 38.3 Å². The van der Waals surface area contributed by atoms with Crippen LogP contribution in [0.1, 0.15) is 41.1 Å². The molecule has 0 radical (unpaired) electrons. The molecule has 0 saturated carbocycles. The molecule has 9 nitrogen and oxygen atoms in total. The number of carbonyl (C=O) groups excluding carboxylic acids is 2. The number of methoxy groups -OCH3 is 1. The van der Waals surface area contributed by atoms with E-state index >= 15 is 0 Å². The van der Waals surface area contributed by atoms with E-state index in [0.29, 0.717) is 47.1 Å². The van der Waals surface area contributed by atoms with Gasteiger partial charge in [0.2, 0.25) is 11.9 Å². The van der Waals surface area contributed by atoms with Gasteiger partial charge in [0.05, 0.1) is 12.6 Å². The summed E-state index contributed by atoms with van der Waals surface area (Å²) < 4.78 is 8.91. The van der Waals surface area contributed by atoms with Crippen molar-refractivity contribution >= 4 is 28.8 Å². The minimum Gasteiger partial charge on any atom is -0.494 e. The summed E-state index contributed by atoms with van der Waals surface area (Å²) in [5, 5.41) is 6.96. The highest BCUT2D eigenvalue weighted by Crippen LogP contribution is 2.31. The van der Waals surface area contributed by atoms with E-state index in [1.54, 1.807) is 29.1 Å². The van der Waals surface area contributed by atoms with Gasteiger partial charge in [-0.25, -0.2) is 4.98 Å². The first-order valence-corrected chi connectivity index (χ1v) is 8.71. The van der Waals surface area contributed by atoms with Gasteiger partial charge in [-0.1, -0.05) is 6.92 Å². The zero-order valence-corrected chi connectivity index (χ0v) is 15.5. The first-order chi connectivity index (χ1) is 13.0. The number of primary amides is 1. The number of hydrogen-bond donors (Lipinski definition) is 2. The number of aryl methyl sites for hydroxylation is 2. The van der Waals surface area contributed by atoms with Gasteiger partial charge in [0.25, 0.3) is 5.91 Å². The number of nitrogens with two attached hydrogens (primary N) is 1. The number of benzene rings is 1. The number of nitrogens with one attached hydrogen (secondary N) is 1. The lowest BCUT2D eigenvalue weighted by molar-refractivity contribution is 0.0995. The molecule has 0 fully saturated rings. The Morgan fingerprint density at radius 1 is 1.30 bits per heavy atom. The molecular formula is C18H22N6O3. The maximum absolute atomic E-state index is 12.7. The standard InChI is InChI=1S/C18H22N6O3/c1-4-8-23-15-12(9-11(16(19)25)10-14(15)27-3)21-18(23)22-17(26)13-6-7-20-24(13)5-2/h6-7,9-10H,4-5,8H2,1-3H3,(H2,19,25)(H,21,22,26). The number of hydrogen-bond acceptors (Lipinski definition) is 5. The zero-order chi connectivity index (χ0) is 19.6. The summed E-state index contributed by atoms with van der Waals surface area (Å²) >= 11 is 0. The van der Waals surface area contributed by atoms with Crippen molar-refractivity contribution in [2.45, 2.75) is 33.4 Å². The highest BCUT2D eigenvalue weighted by atomic mass is 16.5. The molecule has 0 aliphatic carbocycles. The van der Waals surface area contributed by atoms with Gasteiger partial charge in [-0.2, -0.15) is 5.10 Å². The van der Waals surface area contributed by atoms with Crippen molar-refractivity contribution in [3.05, 3.63) is 35.7 Å². The molecule has 142 valence electrons. The molecule has 0 spiro atoms. The van der Waals surface area contributed by atoms with Crippen molar-refractivity contribution < 1.29 is 14.3 Å². The number of aromatic nitrogens is 4. The highest BCUT2D eigenvalue weighted by molar-refractivity contribution is 6.04.